The molecule has 0 N–H and O–H groups in total. The summed E-state index contributed by atoms with van der Waals surface area (Å²) in [5, 5.41) is 0. The Morgan fingerprint density at radius 1 is 1.37 bits per heavy atom. The quantitative estimate of drug-likeness (QED) is 0.623. The molecular weight excluding hydrogens is 242 g/mol. The molecule has 1 aromatic heterocycles. The normalized spacial score (nSPS) is 10.8. The number of oxazole rings is 1. The number of hydrogen-bond acceptors (Lipinski definition) is 4. The molecule has 19 heavy (non-hydrogen) atoms. The first-order valence-electron chi connectivity index (χ1n) is 6.08. The number of ether oxygens (including phenoxy) is 1. The maximum atomic E-state index is 11.2. The summed E-state index contributed by atoms with van der Waals surface area (Å²) < 4.78 is 10.4. The Morgan fingerprint density at radius 2 is 2.11 bits per heavy atom. The molecule has 0 saturated carbocycles. The van der Waals surface area contributed by atoms with Crippen molar-refractivity contribution in [3.63, 3.8) is 0 Å². The summed E-state index contributed by atoms with van der Waals surface area (Å²) >= 11 is 0. The van der Waals surface area contributed by atoms with Crippen LogP contribution in [0.15, 0.2) is 40.8 Å². The number of carbonyl (C=O) groups excluding carboxylic acids is 1. The molecule has 0 spiro atoms. The van der Waals surface area contributed by atoms with E-state index < -0.39 is 0 Å². The van der Waals surface area contributed by atoms with Crippen molar-refractivity contribution in [2.75, 3.05) is 6.61 Å². The molecule has 0 fully saturated rings. The van der Waals surface area contributed by atoms with Gasteiger partial charge in [-0.05, 0) is 32.1 Å². The molecule has 2 aromatic rings. The number of rotatable bonds is 4. The molecule has 0 aliphatic rings. The lowest BCUT2D eigenvalue weighted by Crippen LogP contribution is -1.98. The first kappa shape index (κ1) is 13.1. The van der Waals surface area contributed by atoms with Crippen molar-refractivity contribution in [1.29, 1.82) is 0 Å². The SMILES string of the molecule is CCOC(=O)/C=C/c1nc(-c2ccccc2)oc1C. The summed E-state index contributed by atoms with van der Waals surface area (Å²) in [6, 6.07) is 9.61. The van der Waals surface area contributed by atoms with E-state index in [1.807, 2.05) is 37.3 Å². The highest BCUT2D eigenvalue weighted by atomic mass is 16.5. The summed E-state index contributed by atoms with van der Waals surface area (Å²) in [4.78, 5) is 15.6. The van der Waals surface area contributed by atoms with Gasteiger partial charge in [-0.2, -0.15) is 0 Å². The van der Waals surface area contributed by atoms with Crippen LogP contribution in [0, 0.1) is 6.92 Å². The van der Waals surface area contributed by atoms with Gasteiger partial charge in [0.25, 0.3) is 0 Å². The van der Waals surface area contributed by atoms with E-state index in [4.69, 9.17) is 9.15 Å². The van der Waals surface area contributed by atoms with Gasteiger partial charge in [0.1, 0.15) is 11.5 Å². The smallest absolute Gasteiger partial charge is 0.330 e. The van der Waals surface area contributed by atoms with Crippen molar-refractivity contribution in [1.82, 2.24) is 4.98 Å². The lowest BCUT2D eigenvalue weighted by atomic mass is 10.2. The topological polar surface area (TPSA) is 52.3 Å². The van der Waals surface area contributed by atoms with Crippen molar-refractivity contribution in [2.24, 2.45) is 0 Å². The first-order chi connectivity index (χ1) is 9.20. The van der Waals surface area contributed by atoms with Crippen molar-refractivity contribution < 1.29 is 13.9 Å². The van der Waals surface area contributed by atoms with Gasteiger partial charge < -0.3 is 9.15 Å². The van der Waals surface area contributed by atoms with Crippen LogP contribution in [0.5, 0.6) is 0 Å². The number of aryl methyl sites for hydroxylation is 1. The maximum absolute atomic E-state index is 11.2. The maximum Gasteiger partial charge on any atom is 0.330 e. The molecule has 0 aliphatic heterocycles. The van der Waals surface area contributed by atoms with Crippen LogP contribution < -0.4 is 0 Å². The van der Waals surface area contributed by atoms with E-state index in [-0.39, 0.29) is 5.97 Å². The van der Waals surface area contributed by atoms with Crippen molar-refractivity contribution in [3.05, 3.63) is 47.9 Å². The Labute approximate surface area is 111 Å². The third kappa shape index (κ3) is 3.31. The van der Waals surface area contributed by atoms with Crippen molar-refractivity contribution in [3.8, 4) is 11.5 Å². The first-order valence-corrected chi connectivity index (χ1v) is 6.08. The van der Waals surface area contributed by atoms with E-state index in [0.29, 0.717) is 24.0 Å². The number of hydrogen-bond donors (Lipinski definition) is 0. The molecule has 0 aliphatic carbocycles. The van der Waals surface area contributed by atoms with E-state index in [0.717, 1.165) is 5.56 Å². The molecule has 1 aromatic carbocycles. The summed E-state index contributed by atoms with van der Waals surface area (Å²) in [5.41, 5.74) is 1.54. The van der Waals surface area contributed by atoms with Gasteiger partial charge in [-0.3, -0.25) is 0 Å². The van der Waals surface area contributed by atoms with Gasteiger partial charge >= 0.3 is 5.97 Å². The van der Waals surface area contributed by atoms with Gasteiger partial charge in [0, 0.05) is 11.6 Å². The summed E-state index contributed by atoms with van der Waals surface area (Å²) in [7, 11) is 0. The number of esters is 1. The predicted molar refractivity (Wildman–Crippen MR) is 72.3 cm³/mol. The minimum Gasteiger partial charge on any atom is -0.463 e. The zero-order valence-corrected chi connectivity index (χ0v) is 10.9. The molecular formula is C15H15NO3. The van der Waals surface area contributed by atoms with Crippen LogP contribution in [0.25, 0.3) is 17.5 Å². The van der Waals surface area contributed by atoms with Gasteiger partial charge in [0.05, 0.1) is 6.61 Å². The van der Waals surface area contributed by atoms with E-state index in [1.165, 1.54) is 6.08 Å². The van der Waals surface area contributed by atoms with Crippen LogP contribution >= 0.6 is 0 Å². The highest BCUT2D eigenvalue weighted by molar-refractivity contribution is 5.86. The second-order valence-corrected chi connectivity index (χ2v) is 3.91. The number of benzene rings is 1. The average molecular weight is 257 g/mol. The lowest BCUT2D eigenvalue weighted by molar-refractivity contribution is -0.137. The molecule has 4 nitrogen and oxygen atoms in total. The fourth-order valence-electron chi connectivity index (χ4n) is 1.60. The number of aromatic nitrogens is 1. The Balaban J connectivity index is 2.20. The van der Waals surface area contributed by atoms with E-state index >= 15 is 0 Å². The predicted octanol–water partition coefficient (Wildman–Crippen LogP) is 3.23. The van der Waals surface area contributed by atoms with Crippen LogP contribution in [0.4, 0.5) is 0 Å². The second-order valence-electron chi connectivity index (χ2n) is 3.91. The minimum atomic E-state index is -0.383. The monoisotopic (exact) mass is 257 g/mol. The average Bonchev–Trinajstić information content (AvgIpc) is 2.79. The third-order valence-corrected chi connectivity index (χ3v) is 2.52. The van der Waals surface area contributed by atoms with E-state index in [9.17, 15) is 4.79 Å². The molecule has 0 unspecified atom stereocenters. The lowest BCUT2D eigenvalue weighted by Gasteiger charge is -1.93. The van der Waals surface area contributed by atoms with Gasteiger partial charge in [-0.15, -0.1) is 0 Å². The second kappa shape index (κ2) is 6.00. The van der Waals surface area contributed by atoms with Crippen LogP contribution in [-0.4, -0.2) is 17.6 Å². The molecule has 0 bridgehead atoms. The van der Waals surface area contributed by atoms with Crippen LogP contribution in [-0.2, 0) is 9.53 Å². The molecule has 98 valence electrons. The Bertz CT molecular complexity index is 585. The summed E-state index contributed by atoms with van der Waals surface area (Å²) in [6.45, 7) is 3.93. The van der Waals surface area contributed by atoms with Gasteiger partial charge in [-0.1, -0.05) is 18.2 Å². The van der Waals surface area contributed by atoms with Crippen molar-refractivity contribution in [2.45, 2.75) is 13.8 Å². The molecule has 0 atom stereocenters. The van der Waals surface area contributed by atoms with E-state index in [1.54, 1.807) is 13.0 Å². The summed E-state index contributed by atoms with van der Waals surface area (Å²) in [6.07, 6.45) is 2.95. The Morgan fingerprint density at radius 3 is 2.79 bits per heavy atom. The number of nitrogens with zero attached hydrogens (tertiary/aromatic N) is 1. The minimum absolute atomic E-state index is 0.357. The molecule has 0 amide bonds. The fraction of sp³-hybridized carbons (Fsp3) is 0.200. The standard InChI is InChI=1S/C15H15NO3/c1-3-18-14(17)10-9-13-11(2)19-15(16-13)12-7-5-4-6-8-12/h4-10H,3H2,1-2H3/b10-9+. The fourth-order valence-corrected chi connectivity index (χ4v) is 1.60. The zero-order chi connectivity index (χ0) is 13.7. The van der Waals surface area contributed by atoms with Gasteiger partial charge in [0.15, 0.2) is 0 Å². The molecule has 0 radical (unpaired) electrons. The zero-order valence-electron chi connectivity index (χ0n) is 10.9. The highest BCUT2D eigenvalue weighted by Gasteiger charge is 2.09. The van der Waals surface area contributed by atoms with Crippen LogP contribution in [0.1, 0.15) is 18.4 Å². The van der Waals surface area contributed by atoms with Gasteiger partial charge in [-0.25, -0.2) is 9.78 Å². The van der Waals surface area contributed by atoms with Crippen molar-refractivity contribution >= 4 is 12.0 Å². The highest BCUT2D eigenvalue weighted by Crippen LogP contribution is 2.21. The number of carbonyl (C=O) groups is 1. The van der Waals surface area contributed by atoms with Crippen LogP contribution in [0.2, 0.25) is 0 Å². The molecule has 1 heterocycles. The van der Waals surface area contributed by atoms with Crippen LogP contribution in [0.3, 0.4) is 0 Å². The molecule has 0 saturated heterocycles. The largest absolute Gasteiger partial charge is 0.463 e. The molecule has 4 heteroatoms. The Hall–Kier alpha value is -2.36. The summed E-state index contributed by atoms with van der Waals surface area (Å²) in [5.74, 6) is 0.826. The molecule has 2 rings (SSSR count). The Kier molecular flexibility index (Phi) is 4.13. The third-order valence-electron chi connectivity index (χ3n) is 2.52. The van der Waals surface area contributed by atoms with E-state index in [2.05, 4.69) is 4.98 Å². The van der Waals surface area contributed by atoms with Gasteiger partial charge in [0.2, 0.25) is 5.89 Å².